The second-order valence-corrected chi connectivity index (χ2v) is 9.91. The molecule has 2 aromatic heterocycles. The van der Waals surface area contributed by atoms with Gasteiger partial charge in [-0.15, -0.1) is 0 Å². The Morgan fingerprint density at radius 2 is 1.82 bits per heavy atom. The highest BCUT2D eigenvalue weighted by molar-refractivity contribution is 7.80. The van der Waals surface area contributed by atoms with E-state index in [9.17, 15) is 0 Å². The molecule has 1 saturated carbocycles. The highest BCUT2D eigenvalue weighted by Gasteiger charge is 2.44. The summed E-state index contributed by atoms with van der Waals surface area (Å²) in [4.78, 5) is 7.21. The van der Waals surface area contributed by atoms with Crippen LogP contribution in [0.4, 0.5) is 0 Å². The third-order valence-electron chi connectivity index (χ3n) is 7.51. The molecule has 176 valence electrons. The predicted octanol–water partition coefficient (Wildman–Crippen LogP) is 5.52. The summed E-state index contributed by atoms with van der Waals surface area (Å²) in [5.74, 6) is 1.60. The Labute approximate surface area is 205 Å². The van der Waals surface area contributed by atoms with E-state index in [-0.39, 0.29) is 18.9 Å². The largest absolute Gasteiger partial charge is 0.454 e. The fourth-order valence-electron chi connectivity index (χ4n) is 5.96. The van der Waals surface area contributed by atoms with E-state index in [1.165, 1.54) is 49.1 Å². The minimum atomic E-state index is 0.0151. The van der Waals surface area contributed by atoms with Crippen molar-refractivity contribution in [3.8, 4) is 17.2 Å². The molecule has 0 spiro atoms. The van der Waals surface area contributed by atoms with Gasteiger partial charge in [0.15, 0.2) is 16.6 Å². The van der Waals surface area contributed by atoms with Crippen LogP contribution in [0.25, 0.3) is 5.69 Å². The van der Waals surface area contributed by atoms with Gasteiger partial charge in [-0.3, -0.25) is 4.98 Å². The van der Waals surface area contributed by atoms with E-state index < -0.39 is 0 Å². The summed E-state index contributed by atoms with van der Waals surface area (Å²) < 4.78 is 13.5. The van der Waals surface area contributed by atoms with Crippen molar-refractivity contribution in [1.82, 2.24) is 19.8 Å². The van der Waals surface area contributed by atoms with Crippen molar-refractivity contribution >= 4 is 17.3 Å². The van der Waals surface area contributed by atoms with Crippen LogP contribution in [-0.4, -0.2) is 32.4 Å². The standard InChI is InChI=1S/C27H30N4O2S/c1-17-14-21(18(2)30(17)20-11-12-23-24(15-20)33-16-32-23)26-25(22-10-6-7-13-28-22)29-27(34)31(26)19-8-4-3-5-9-19/h6-7,10-15,19,25-26H,3-5,8-9,16H2,1-2H3,(H,29,34). The van der Waals surface area contributed by atoms with Crippen LogP contribution in [0.3, 0.4) is 0 Å². The van der Waals surface area contributed by atoms with E-state index in [2.05, 4.69) is 59.0 Å². The second-order valence-electron chi connectivity index (χ2n) is 9.53. The number of hydrogen-bond acceptors (Lipinski definition) is 4. The maximum Gasteiger partial charge on any atom is 0.231 e. The monoisotopic (exact) mass is 474 g/mol. The summed E-state index contributed by atoms with van der Waals surface area (Å²) in [7, 11) is 0. The molecule has 2 fully saturated rings. The van der Waals surface area contributed by atoms with Gasteiger partial charge in [-0.1, -0.05) is 25.3 Å². The van der Waals surface area contributed by atoms with E-state index >= 15 is 0 Å². The molecule has 3 aromatic rings. The van der Waals surface area contributed by atoms with E-state index in [0.717, 1.165) is 28.0 Å². The number of ether oxygens (including phenoxy) is 2. The second kappa shape index (κ2) is 8.62. The highest BCUT2D eigenvalue weighted by Crippen LogP contribution is 2.45. The molecule has 1 N–H and O–H groups in total. The molecule has 6 rings (SSSR count). The van der Waals surface area contributed by atoms with Crippen molar-refractivity contribution in [2.75, 3.05) is 6.79 Å². The third kappa shape index (κ3) is 3.54. The topological polar surface area (TPSA) is 51.6 Å². The van der Waals surface area contributed by atoms with Crippen LogP contribution in [0.15, 0.2) is 48.7 Å². The lowest BCUT2D eigenvalue weighted by Gasteiger charge is -2.37. The zero-order chi connectivity index (χ0) is 23.2. The van der Waals surface area contributed by atoms with Crippen molar-refractivity contribution in [3.63, 3.8) is 0 Å². The number of hydrogen-bond donors (Lipinski definition) is 1. The molecule has 1 aromatic carbocycles. The lowest BCUT2D eigenvalue weighted by molar-refractivity contribution is 0.174. The number of fused-ring (bicyclic) bond motifs is 1. The molecule has 2 unspecified atom stereocenters. The van der Waals surface area contributed by atoms with E-state index in [0.29, 0.717) is 6.04 Å². The Hall–Kier alpha value is -3.06. The van der Waals surface area contributed by atoms with Crippen LogP contribution in [0.2, 0.25) is 0 Å². The van der Waals surface area contributed by atoms with Crippen molar-refractivity contribution in [3.05, 3.63) is 71.3 Å². The average Bonchev–Trinajstić information content (AvgIpc) is 3.54. The molecule has 2 aliphatic heterocycles. The van der Waals surface area contributed by atoms with Gasteiger partial charge in [0, 0.05) is 35.4 Å². The molecule has 2 atom stereocenters. The summed E-state index contributed by atoms with van der Waals surface area (Å²) in [6, 6.07) is 15.2. The first-order chi connectivity index (χ1) is 16.6. The molecule has 3 aliphatic rings. The van der Waals surface area contributed by atoms with Gasteiger partial charge < -0.3 is 24.3 Å². The molecular weight excluding hydrogens is 444 g/mol. The number of aromatic nitrogens is 2. The lowest BCUT2D eigenvalue weighted by Crippen LogP contribution is -2.40. The number of pyridine rings is 1. The van der Waals surface area contributed by atoms with Crippen LogP contribution in [0.1, 0.15) is 66.8 Å². The number of nitrogens with zero attached hydrogens (tertiary/aromatic N) is 3. The van der Waals surface area contributed by atoms with Crippen LogP contribution in [-0.2, 0) is 0 Å². The van der Waals surface area contributed by atoms with E-state index in [1.54, 1.807) is 0 Å². The molecular formula is C27H30N4O2S. The summed E-state index contributed by atoms with van der Waals surface area (Å²) in [6.07, 6.45) is 8.10. The normalized spacial score (nSPS) is 22.3. The Bertz CT molecular complexity index is 1220. The SMILES string of the molecule is Cc1cc(C2C(c3ccccn3)NC(=S)N2C2CCCCC2)c(C)n1-c1ccc2c(c1)OCO2. The molecule has 4 heterocycles. The minimum Gasteiger partial charge on any atom is -0.454 e. The molecule has 0 radical (unpaired) electrons. The third-order valence-corrected chi connectivity index (χ3v) is 7.84. The molecule has 1 saturated heterocycles. The van der Waals surface area contributed by atoms with Gasteiger partial charge >= 0.3 is 0 Å². The Morgan fingerprint density at radius 3 is 2.62 bits per heavy atom. The van der Waals surface area contributed by atoms with Crippen LogP contribution >= 0.6 is 12.2 Å². The smallest absolute Gasteiger partial charge is 0.231 e. The Morgan fingerprint density at radius 1 is 1.00 bits per heavy atom. The molecule has 0 amide bonds. The van der Waals surface area contributed by atoms with Crippen molar-refractivity contribution < 1.29 is 9.47 Å². The van der Waals surface area contributed by atoms with Gasteiger partial charge in [0.05, 0.1) is 17.8 Å². The minimum absolute atomic E-state index is 0.0151. The van der Waals surface area contributed by atoms with Gasteiger partial charge in [-0.05, 0) is 74.8 Å². The van der Waals surface area contributed by atoms with Gasteiger partial charge in [-0.25, -0.2) is 0 Å². The molecule has 0 bridgehead atoms. The number of nitrogens with one attached hydrogen (secondary N) is 1. The summed E-state index contributed by atoms with van der Waals surface area (Å²) in [5, 5.41) is 4.49. The zero-order valence-electron chi connectivity index (χ0n) is 19.7. The van der Waals surface area contributed by atoms with Crippen LogP contribution in [0.5, 0.6) is 11.5 Å². The van der Waals surface area contributed by atoms with Crippen molar-refractivity contribution in [2.24, 2.45) is 0 Å². The van der Waals surface area contributed by atoms with Crippen molar-refractivity contribution in [1.29, 1.82) is 0 Å². The van der Waals surface area contributed by atoms with Gasteiger partial charge in [-0.2, -0.15) is 0 Å². The number of rotatable bonds is 4. The summed E-state index contributed by atoms with van der Waals surface area (Å²) in [6.45, 7) is 4.66. The fourth-order valence-corrected chi connectivity index (χ4v) is 6.35. The Kier molecular flexibility index (Phi) is 5.44. The maximum absolute atomic E-state index is 5.96. The first-order valence-electron chi connectivity index (χ1n) is 12.2. The van der Waals surface area contributed by atoms with E-state index in [1.807, 2.05) is 18.3 Å². The first kappa shape index (κ1) is 21.5. The number of thiocarbonyl (C=S) groups is 1. The number of benzene rings is 1. The Balaban J connectivity index is 1.45. The summed E-state index contributed by atoms with van der Waals surface area (Å²) in [5.41, 5.74) is 5.81. The summed E-state index contributed by atoms with van der Waals surface area (Å²) >= 11 is 5.96. The molecule has 34 heavy (non-hydrogen) atoms. The van der Waals surface area contributed by atoms with E-state index in [4.69, 9.17) is 26.7 Å². The van der Waals surface area contributed by atoms with Crippen LogP contribution < -0.4 is 14.8 Å². The first-order valence-corrected chi connectivity index (χ1v) is 12.6. The maximum atomic E-state index is 5.96. The fraction of sp³-hybridized carbons (Fsp3) is 0.407. The molecule has 1 aliphatic carbocycles. The number of aryl methyl sites for hydroxylation is 1. The molecule has 7 heteroatoms. The zero-order valence-corrected chi connectivity index (χ0v) is 20.5. The quantitative estimate of drug-likeness (QED) is 0.502. The predicted molar refractivity (Wildman–Crippen MR) is 136 cm³/mol. The van der Waals surface area contributed by atoms with Gasteiger partial charge in [0.2, 0.25) is 6.79 Å². The van der Waals surface area contributed by atoms with Gasteiger partial charge in [0.25, 0.3) is 0 Å². The lowest BCUT2D eigenvalue weighted by atomic mass is 9.90. The average molecular weight is 475 g/mol. The van der Waals surface area contributed by atoms with Crippen molar-refractivity contribution in [2.45, 2.75) is 64.1 Å². The molecule has 6 nitrogen and oxygen atoms in total. The van der Waals surface area contributed by atoms with Crippen LogP contribution in [0, 0.1) is 13.8 Å². The highest BCUT2D eigenvalue weighted by atomic mass is 32.1. The van der Waals surface area contributed by atoms with Gasteiger partial charge in [0.1, 0.15) is 0 Å².